The molecular weight excluding hydrogens is 197 g/mol. The van der Waals surface area contributed by atoms with E-state index in [1.807, 2.05) is 0 Å². The normalized spacial score (nSPS) is 11.9. The third kappa shape index (κ3) is 2.80. The summed E-state index contributed by atoms with van der Waals surface area (Å²) in [6.07, 6.45) is 1.55. The van der Waals surface area contributed by atoms with Gasteiger partial charge in [-0.1, -0.05) is 6.08 Å². The van der Waals surface area contributed by atoms with E-state index in [0.717, 1.165) is 12.1 Å². The molecule has 1 unspecified atom stereocenters. The van der Waals surface area contributed by atoms with Gasteiger partial charge in [-0.15, -0.1) is 6.58 Å². The molecule has 0 aliphatic heterocycles. The number of amides is 1. The van der Waals surface area contributed by atoms with E-state index in [0.29, 0.717) is 0 Å². The van der Waals surface area contributed by atoms with Gasteiger partial charge in [0.25, 0.3) is 5.91 Å². The zero-order valence-electron chi connectivity index (χ0n) is 8.33. The summed E-state index contributed by atoms with van der Waals surface area (Å²) >= 11 is 0. The summed E-state index contributed by atoms with van der Waals surface area (Å²) in [5.74, 6) is -1.41. The zero-order valence-corrected chi connectivity index (χ0v) is 8.33. The summed E-state index contributed by atoms with van der Waals surface area (Å²) in [6.45, 7) is 5.25. The molecule has 0 saturated heterocycles. The lowest BCUT2D eigenvalue weighted by molar-refractivity contribution is 0.0944. The van der Waals surface area contributed by atoms with Crippen LogP contribution in [0.2, 0.25) is 0 Å². The Morgan fingerprint density at radius 3 is 2.87 bits per heavy atom. The number of hydrogen-bond donors (Lipinski definition) is 2. The molecular formula is C11H12FNO2. The molecule has 1 aromatic carbocycles. The van der Waals surface area contributed by atoms with Crippen molar-refractivity contribution in [3.05, 3.63) is 42.2 Å². The van der Waals surface area contributed by atoms with Gasteiger partial charge in [0.1, 0.15) is 11.6 Å². The van der Waals surface area contributed by atoms with E-state index < -0.39 is 11.7 Å². The molecule has 3 nitrogen and oxygen atoms in total. The van der Waals surface area contributed by atoms with Gasteiger partial charge in [0, 0.05) is 12.1 Å². The summed E-state index contributed by atoms with van der Waals surface area (Å²) in [7, 11) is 0. The number of phenolic OH excluding ortho intramolecular Hbond substituents is 1. The highest BCUT2D eigenvalue weighted by molar-refractivity contribution is 5.97. The second-order valence-electron chi connectivity index (χ2n) is 3.16. The maximum absolute atomic E-state index is 12.6. The van der Waals surface area contributed by atoms with Crippen molar-refractivity contribution in [2.24, 2.45) is 0 Å². The molecule has 4 heteroatoms. The van der Waals surface area contributed by atoms with Gasteiger partial charge in [-0.25, -0.2) is 4.39 Å². The van der Waals surface area contributed by atoms with Gasteiger partial charge in [-0.2, -0.15) is 0 Å². The van der Waals surface area contributed by atoms with Crippen molar-refractivity contribution >= 4 is 5.91 Å². The first-order chi connectivity index (χ1) is 7.04. The first-order valence-electron chi connectivity index (χ1n) is 4.46. The fourth-order valence-electron chi connectivity index (χ4n) is 1.04. The molecule has 0 saturated carbocycles. The Kier molecular flexibility index (Phi) is 3.44. The Morgan fingerprint density at radius 1 is 1.67 bits per heavy atom. The summed E-state index contributed by atoms with van der Waals surface area (Å²) in [6, 6.07) is 3.04. The Bertz CT molecular complexity index is 390. The van der Waals surface area contributed by atoms with E-state index in [1.54, 1.807) is 13.0 Å². The lowest BCUT2D eigenvalue weighted by atomic mass is 10.1. The van der Waals surface area contributed by atoms with E-state index in [9.17, 15) is 14.3 Å². The average molecular weight is 209 g/mol. The van der Waals surface area contributed by atoms with Crippen molar-refractivity contribution in [2.45, 2.75) is 13.0 Å². The van der Waals surface area contributed by atoms with Crippen LogP contribution in [0.1, 0.15) is 17.3 Å². The molecule has 1 amide bonds. The molecule has 1 atom stereocenters. The van der Waals surface area contributed by atoms with Crippen LogP contribution < -0.4 is 5.32 Å². The maximum atomic E-state index is 12.6. The largest absolute Gasteiger partial charge is 0.507 e. The number of hydrogen-bond acceptors (Lipinski definition) is 2. The first kappa shape index (κ1) is 11.2. The Morgan fingerprint density at radius 2 is 2.33 bits per heavy atom. The third-order valence-electron chi connectivity index (χ3n) is 1.92. The number of rotatable bonds is 3. The van der Waals surface area contributed by atoms with Crippen LogP contribution in [0.3, 0.4) is 0 Å². The smallest absolute Gasteiger partial charge is 0.255 e. The van der Waals surface area contributed by atoms with E-state index in [4.69, 9.17) is 0 Å². The van der Waals surface area contributed by atoms with Crippen molar-refractivity contribution in [3.63, 3.8) is 0 Å². The van der Waals surface area contributed by atoms with Gasteiger partial charge in [-0.3, -0.25) is 4.79 Å². The minimum absolute atomic E-state index is 0.0464. The van der Waals surface area contributed by atoms with E-state index in [2.05, 4.69) is 11.9 Å². The number of aromatic hydroxyl groups is 1. The molecule has 0 spiro atoms. The predicted molar refractivity (Wildman–Crippen MR) is 55.2 cm³/mol. The monoisotopic (exact) mass is 209 g/mol. The van der Waals surface area contributed by atoms with Crippen molar-refractivity contribution in [2.75, 3.05) is 0 Å². The molecule has 0 radical (unpaired) electrons. The van der Waals surface area contributed by atoms with Crippen LogP contribution in [0, 0.1) is 5.82 Å². The topological polar surface area (TPSA) is 49.3 Å². The van der Waals surface area contributed by atoms with Crippen molar-refractivity contribution < 1.29 is 14.3 Å². The van der Waals surface area contributed by atoms with E-state index in [-0.39, 0.29) is 17.4 Å². The highest BCUT2D eigenvalue weighted by Crippen LogP contribution is 2.17. The number of halogens is 1. The van der Waals surface area contributed by atoms with Gasteiger partial charge in [0.2, 0.25) is 0 Å². The lowest BCUT2D eigenvalue weighted by Gasteiger charge is -2.10. The van der Waals surface area contributed by atoms with Crippen molar-refractivity contribution in [1.29, 1.82) is 0 Å². The minimum atomic E-state index is -0.583. The van der Waals surface area contributed by atoms with Crippen molar-refractivity contribution in [3.8, 4) is 5.75 Å². The Balaban J connectivity index is 2.87. The molecule has 0 aliphatic rings. The van der Waals surface area contributed by atoms with Gasteiger partial charge >= 0.3 is 0 Å². The SMILES string of the molecule is C=CC(C)NC(=O)c1ccc(F)cc1O. The highest BCUT2D eigenvalue weighted by Gasteiger charge is 2.12. The lowest BCUT2D eigenvalue weighted by Crippen LogP contribution is -2.30. The fraction of sp³-hybridized carbons (Fsp3) is 0.182. The molecule has 1 aromatic rings. The van der Waals surface area contributed by atoms with Gasteiger partial charge in [0.15, 0.2) is 0 Å². The van der Waals surface area contributed by atoms with Crippen LogP contribution in [0.25, 0.3) is 0 Å². The summed E-state index contributed by atoms with van der Waals surface area (Å²) in [4.78, 5) is 11.5. The number of benzene rings is 1. The predicted octanol–water partition coefficient (Wildman–Crippen LogP) is 1.84. The molecule has 0 fully saturated rings. The Labute approximate surface area is 87.2 Å². The van der Waals surface area contributed by atoms with Crippen LogP contribution in [0.15, 0.2) is 30.9 Å². The number of carbonyl (C=O) groups excluding carboxylic acids is 1. The Hall–Kier alpha value is -1.84. The first-order valence-corrected chi connectivity index (χ1v) is 4.46. The summed E-state index contributed by atoms with van der Waals surface area (Å²) in [5, 5.41) is 11.9. The number of nitrogens with one attached hydrogen (secondary N) is 1. The summed E-state index contributed by atoms with van der Waals surface area (Å²) in [5.41, 5.74) is 0.0464. The zero-order chi connectivity index (χ0) is 11.4. The number of carbonyl (C=O) groups is 1. The quantitative estimate of drug-likeness (QED) is 0.746. The second-order valence-corrected chi connectivity index (χ2v) is 3.16. The summed E-state index contributed by atoms with van der Waals surface area (Å²) < 4.78 is 12.6. The molecule has 15 heavy (non-hydrogen) atoms. The molecule has 0 aromatic heterocycles. The standard InChI is InChI=1S/C11H12FNO2/c1-3-7(2)13-11(15)9-5-4-8(12)6-10(9)14/h3-7,14H,1H2,2H3,(H,13,15). The molecule has 2 N–H and O–H groups in total. The van der Waals surface area contributed by atoms with Gasteiger partial charge in [-0.05, 0) is 19.1 Å². The van der Waals surface area contributed by atoms with E-state index in [1.165, 1.54) is 6.07 Å². The van der Waals surface area contributed by atoms with Gasteiger partial charge < -0.3 is 10.4 Å². The third-order valence-corrected chi connectivity index (χ3v) is 1.92. The maximum Gasteiger partial charge on any atom is 0.255 e. The molecule has 1 rings (SSSR count). The van der Waals surface area contributed by atoms with Crippen LogP contribution >= 0.6 is 0 Å². The van der Waals surface area contributed by atoms with Crippen LogP contribution in [-0.2, 0) is 0 Å². The molecule has 0 heterocycles. The minimum Gasteiger partial charge on any atom is -0.507 e. The molecule has 80 valence electrons. The van der Waals surface area contributed by atoms with Crippen LogP contribution in [0.4, 0.5) is 4.39 Å². The van der Waals surface area contributed by atoms with Gasteiger partial charge in [0.05, 0.1) is 5.56 Å². The number of phenols is 1. The van der Waals surface area contributed by atoms with E-state index >= 15 is 0 Å². The van der Waals surface area contributed by atoms with Crippen LogP contribution in [0.5, 0.6) is 5.75 Å². The highest BCUT2D eigenvalue weighted by atomic mass is 19.1. The molecule has 0 bridgehead atoms. The molecule has 0 aliphatic carbocycles. The van der Waals surface area contributed by atoms with Crippen LogP contribution in [-0.4, -0.2) is 17.1 Å². The van der Waals surface area contributed by atoms with Crippen molar-refractivity contribution in [1.82, 2.24) is 5.32 Å². The second kappa shape index (κ2) is 4.59. The average Bonchev–Trinajstić information content (AvgIpc) is 2.17. The fourth-order valence-corrected chi connectivity index (χ4v) is 1.04.